The molecule has 1 aliphatic heterocycles. The number of rotatable bonds is 9. The molecular formula is C28H32N2O7S. The number of ether oxygens (including phenoxy) is 4. The van der Waals surface area contributed by atoms with Gasteiger partial charge in [0.15, 0.2) is 11.5 Å². The number of carbonyl (C=O) groups is 1. The smallest absolute Gasteiger partial charge is 0.254 e. The number of amides is 1. The minimum atomic E-state index is -3.60. The average molecular weight is 541 g/mol. The van der Waals surface area contributed by atoms with Crippen LogP contribution in [0.15, 0.2) is 65.6 Å². The van der Waals surface area contributed by atoms with Crippen LogP contribution >= 0.6 is 0 Å². The van der Waals surface area contributed by atoms with E-state index in [0.29, 0.717) is 41.5 Å². The van der Waals surface area contributed by atoms with Gasteiger partial charge in [-0.3, -0.25) is 4.79 Å². The lowest BCUT2D eigenvalue weighted by Gasteiger charge is -2.37. The lowest BCUT2D eigenvalue weighted by Crippen LogP contribution is -2.42. The Morgan fingerprint density at radius 3 is 2.08 bits per heavy atom. The molecule has 38 heavy (non-hydrogen) atoms. The fraction of sp³-hybridized carbons (Fsp3) is 0.321. The van der Waals surface area contributed by atoms with Crippen LogP contribution in [0.4, 0.5) is 0 Å². The van der Waals surface area contributed by atoms with E-state index in [0.717, 1.165) is 15.4 Å². The Balaban J connectivity index is 1.67. The minimum Gasteiger partial charge on any atom is -0.497 e. The Bertz CT molecular complexity index is 1390. The molecule has 0 aliphatic carbocycles. The zero-order chi connectivity index (χ0) is 27.4. The third-order valence-electron chi connectivity index (χ3n) is 6.61. The molecule has 0 fully saturated rings. The van der Waals surface area contributed by atoms with Crippen LogP contribution in [0.1, 0.15) is 27.5 Å². The van der Waals surface area contributed by atoms with Crippen LogP contribution in [0.5, 0.6) is 23.0 Å². The zero-order valence-corrected chi connectivity index (χ0v) is 22.9. The molecule has 3 aromatic rings. The lowest BCUT2D eigenvalue weighted by molar-refractivity contribution is 0.0589. The lowest BCUT2D eigenvalue weighted by atomic mass is 9.91. The summed E-state index contributed by atoms with van der Waals surface area (Å²) in [7, 11) is 4.10. The summed E-state index contributed by atoms with van der Waals surface area (Å²) in [5.41, 5.74) is 2.34. The second-order valence-electron chi connectivity index (χ2n) is 8.97. The van der Waals surface area contributed by atoms with Crippen molar-refractivity contribution < 1.29 is 32.2 Å². The van der Waals surface area contributed by atoms with Crippen molar-refractivity contribution in [1.82, 2.24) is 9.21 Å². The maximum Gasteiger partial charge on any atom is 0.254 e. The van der Waals surface area contributed by atoms with Crippen molar-refractivity contribution in [3.05, 3.63) is 77.4 Å². The van der Waals surface area contributed by atoms with Gasteiger partial charge < -0.3 is 23.8 Å². The topological polar surface area (TPSA) is 94.6 Å². The Hall–Kier alpha value is -3.76. The summed E-state index contributed by atoms with van der Waals surface area (Å²) in [4.78, 5) is 15.6. The molecule has 9 nitrogen and oxygen atoms in total. The maximum atomic E-state index is 13.7. The van der Waals surface area contributed by atoms with E-state index in [9.17, 15) is 13.2 Å². The highest BCUT2D eigenvalue weighted by molar-refractivity contribution is 7.89. The van der Waals surface area contributed by atoms with Crippen LogP contribution in [-0.4, -0.2) is 72.1 Å². The number of benzene rings is 3. The van der Waals surface area contributed by atoms with E-state index in [4.69, 9.17) is 18.9 Å². The van der Waals surface area contributed by atoms with Crippen LogP contribution in [-0.2, 0) is 16.4 Å². The third kappa shape index (κ3) is 5.41. The van der Waals surface area contributed by atoms with Gasteiger partial charge in [-0.25, -0.2) is 12.7 Å². The summed E-state index contributed by atoms with van der Waals surface area (Å²) in [6.45, 7) is 0.656. The van der Waals surface area contributed by atoms with Gasteiger partial charge in [-0.1, -0.05) is 0 Å². The number of carbonyl (C=O) groups excluding carboxylic acids is 1. The fourth-order valence-electron chi connectivity index (χ4n) is 4.44. The number of sulfonamides is 1. The summed E-state index contributed by atoms with van der Waals surface area (Å²) >= 11 is 0. The standard InChI is InChI=1S/C28H32N2O7S/c1-29(2)38(32,33)23-12-6-19(7-13-23)28(31)30-15-14-20-16-26(35-4)27(36-5)17-24(20)25(30)18-37-22-10-8-21(34-3)9-11-22/h6-13,16-17,25H,14-15,18H2,1-5H3/t25-/m0/s1. The van der Waals surface area contributed by atoms with Crippen molar-refractivity contribution in [1.29, 1.82) is 0 Å². The van der Waals surface area contributed by atoms with Crippen LogP contribution in [0.25, 0.3) is 0 Å². The second kappa shape index (κ2) is 11.3. The number of nitrogens with zero attached hydrogens (tertiary/aromatic N) is 2. The van der Waals surface area contributed by atoms with Gasteiger partial charge in [0.25, 0.3) is 5.91 Å². The van der Waals surface area contributed by atoms with Gasteiger partial charge in [0.05, 0.1) is 32.3 Å². The van der Waals surface area contributed by atoms with Crippen molar-refractivity contribution in [2.24, 2.45) is 0 Å². The molecule has 0 spiro atoms. The average Bonchev–Trinajstić information content (AvgIpc) is 2.94. The first-order valence-corrected chi connectivity index (χ1v) is 13.5. The molecule has 1 atom stereocenters. The predicted octanol–water partition coefficient (Wildman–Crippen LogP) is 3.78. The fourth-order valence-corrected chi connectivity index (χ4v) is 5.35. The molecule has 1 heterocycles. The molecule has 4 rings (SSSR count). The highest BCUT2D eigenvalue weighted by Crippen LogP contribution is 2.39. The largest absolute Gasteiger partial charge is 0.497 e. The highest BCUT2D eigenvalue weighted by Gasteiger charge is 2.33. The molecular weight excluding hydrogens is 508 g/mol. The van der Waals surface area contributed by atoms with Crippen LogP contribution in [0.2, 0.25) is 0 Å². The Labute approximate surface area is 223 Å². The molecule has 0 saturated heterocycles. The van der Waals surface area contributed by atoms with E-state index < -0.39 is 16.1 Å². The molecule has 1 amide bonds. The number of hydrogen-bond acceptors (Lipinski definition) is 7. The molecule has 0 N–H and O–H groups in total. The molecule has 10 heteroatoms. The van der Waals surface area contributed by atoms with Crippen LogP contribution < -0.4 is 18.9 Å². The third-order valence-corrected chi connectivity index (χ3v) is 8.44. The quantitative estimate of drug-likeness (QED) is 0.408. The van der Waals surface area contributed by atoms with E-state index in [1.54, 1.807) is 38.4 Å². The zero-order valence-electron chi connectivity index (χ0n) is 22.1. The van der Waals surface area contributed by atoms with Gasteiger partial charge in [0.2, 0.25) is 10.0 Å². The van der Waals surface area contributed by atoms with Gasteiger partial charge in [-0.2, -0.15) is 0 Å². The van der Waals surface area contributed by atoms with E-state index in [-0.39, 0.29) is 17.4 Å². The highest BCUT2D eigenvalue weighted by atomic mass is 32.2. The first-order chi connectivity index (χ1) is 18.2. The van der Waals surface area contributed by atoms with Crippen molar-refractivity contribution in [2.45, 2.75) is 17.4 Å². The van der Waals surface area contributed by atoms with E-state index in [1.165, 1.54) is 26.2 Å². The van der Waals surface area contributed by atoms with E-state index in [1.807, 2.05) is 36.4 Å². The van der Waals surface area contributed by atoms with Crippen molar-refractivity contribution in [2.75, 3.05) is 48.6 Å². The van der Waals surface area contributed by atoms with Gasteiger partial charge in [0.1, 0.15) is 18.1 Å². The SMILES string of the molecule is COc1ccc(OC[C@H]2c3cc(OC)c(OC)cc3CCN2C(=O)c2ccc(S(=O)(=O)N(C)C)cc2)cc1. The van der Waals surface area contributed by atoms with Crippen LogP contribution in [0, 0.1) is 0 Å². The molecule has 3 aromatic carbocycles. The van der Waals surface area contributed by atoms with Crippen molar-refractivity contribution >= 4 is 15.9 Å². The summed E-state index contributed by atoms with van der Waals surface area (Å²) < 4.78 is 48.4. The summed E-state index contributed by atoms with van der Waals surface area (Å²) in [6, 6.07) is 16.7. The summed E-state index contributed by atoms with van der Waals surface area (Å²) in [5.74, 6) is 2.33. The van der Waals surface area contributed by atoms with Gasteiger partial charge in [0, 0.05) is 26.2 Å². The molecule has 0 bridgehead atoms. The minimum absolute atomic E-state index is 0.124. The number of methoxy groups -OCH3 is 3. The predicted molar refractivity (Wildman–Crippen MR) is 143 cm³/mol. The Morgan fingerprint density at radius 2 is 1.50 bits per heavy atom. The maximum absolute atomic E-state index is 13.7. The second-order valence-corrected chi connectivity index (χ2v) is 11.1. The monoisotopic (exact) mass is 540 g/mol. The summed E-state index contributed by atoms with van der Waals surface area (Å²) in [5, 5.41) is 0. The van der Waals surface area contributed by atoms with Gasteiger partial charge in [-0.05, 0) is 78.2 Å². The van der Waals surface area contributed by atoms with Gasteiger partial charge in [-0.15, -0.1) is 0 Å². The molecule has 0 unspecified atom stereocenters. The molecule has 202 valence electrons. The first kappa shape index (κ1) is 27.3. The molecule has 1 aliphatic rings. The Kier molecular flexibility index (Phi) is 8.13. The van der Waals surface area contributed by atoms with Gasteiger partial charge >= 0.3 is 0 Å². The number of hydrogen-bond donors (Lipinski definition) is 0. The van der Waals surface area contributed by atoms with E-state index >= 15 is 0 Å². The van der Waals surface area contributed by atoms with Crippen molar-refractivity contribution in [3.8, 4) is 23.0 Å². The Morgan fingerprint density at radius 1 is 0.895 bits per heavy atom. The van der Waals surface area contributed by atoms with Crippen LogP contribution in [0.3, 0.4) is 0 Å². The number of fused-ring (bicyclic) bond motifs is 1. The molecule has 0 radical (unpaired) electrons. The summed E-state index contributed by atoms with van der Waals surface area (Å²) in [6.07, 6.45) is 0.619. The molecule has 0 saturated carbocycles. The first-order valence-electron chi connectivity index (χ1n) is 12.0. The molecule has 0 aromatic heterocycles. The van der Waals surface area contributed by atoms with Crippen molar-refractivity contribution in [3.63, 3.8) is 0 Å². The van der Waals surface area contributed by atoms with E-state index in [2.05, 4.69) is 0 Å². The normalized spacial score (nSPS) is 15.1.